The molecule has 102 valence electrons. The van der Waals surface area contributed by atoms with Crippen LogP contribution < -0.4 is 0 Å². The van der Waals surface area contributed by atoms with Gasteiger partial charge in [0.2, 0.25) is 0 Å². The molecule has 2 aromatic carbocycles. The van der Waals surface area contributed by atoms with E-state index in [1.807, 2.05) is 0 Å². The van der Waals surface area contributed by atoms with Crippen LogP contribution in [0.5, 0.6) is 0 Å². The van der Waals surface area contributed by atoms with Gasteiger partial charge in [0, 0.05) is 9.79 Å². The Balaban J connectivity index is 2.09. The van der Waals surface area contributed by atoms with Crippen molar-refractivity contribution in [1.82, 2.24) is 0 Å². The summed E-state index contributed by atoms with van der Waals surface area (Å²) in [5.74, 6) is -0.361. The minimum atomic E-state index is -4.36. The van der Waals surface area contributed by atoms with Gasteiger partial charge in [-0.25, -0.2) is 4.39 Å². The average Bonchev–Trinajstić information content (AvgIpc) is 2.55. The zero-order valence-electron chi connectivity index (χ0n) is 10.0. The minimum Gasteiger partial charge on any atom is -0.207 e. The van der Waals surface area contributed by atoms with Gasteiger partial charge in [-0.05, 0) is 41.5 Å². The molecule has 0 aromatic heterocycles. The third kappa shape index (κ3) is 2.45. The van der Waals surface area contributed by atoms with Crippen molar-refractivity contribution in [3.63, 3.8) is 0 Å². The van der Waals surface area contributed by atoms with Crippen molar-refractivity contribution >= 4 is 23.9 Å². The Morgan fingerprint density at radius 3 is 2.30 bits per heavy atom. The average molecular weight is 296 g/mol. The molecule has 0 saturated heterocycles. The zero-order valence-corrected chi connectivity index (χ0v) is 10.9. The molecule has 0 amide bonds. The highest BCUT2D eigenvalue weighted by atomic mass is 32.2. The van der Waals surface area contributed by atoms with E-state index >= 15 is 0 Å². The zero-order chi connectivity index (χ0) is 14.3. The van der Waals surface area contributed by atoms with Crippen LogP contribution in [0.25, 0.3) is 12.2 Å². The normalized spacial score (nSPS) is 13.6. The molecule has 3 rings (SSSR count). The van der Waals surface area contributed by atoms with Crippen molar-refractivity contribution in [2.45, 2.75) is 16.0 Å². The Kier molecular flexibility index (Phi) is 3.09. The molecular weight excluding hydrogens is 288 g/mol. The van der Waals surface area contributed by atoms with Crippen LogP contribution in [0.4, 0.5) is 17.6 Å². The Labute approximate surface area is 117 Å². The molecule has 0 fully saturated rings. The van der Waals surface area contributed by atoms with E-state index in [0.29, 0.717) is 15.4 Å². The fourth-order valence-electron chi connectivity index (χ4n) is 1.98. The number of benzene rings is 2. The van der Waals surface area contributed by atoms with Crippen molar-refractivity contribution in [1.29, 1.82) is 0 Å². The van der Waals surface area contributed by atoms with Crippen LogP contribution in [-0.2, 0) is 6.18 Å². The lowest BCUT2D eigenvalue weighted by Crippen LogP contribution is -2.04. The fraction of sp³-hybridized carbons (Fsp3) is 0.0667. The summed E-state index contributed by atoms with van der Waals surface area (Å²) in [5, 5.41) is 0. The topological polar surface area (TPSA) is 0 Å². The largest absolute Gasteiger partial charge is 0.416 e. The fourth-order valence-corrected chi connectivity index (χ4v) is 3.02. The van der Waals surface area contributed by atoms with Crippen molar-refractivity contribution in [2.24, 2.45) is 0 Å². The first-order chi connectivity index (χ1) is 9.43. The smallest absolute Gasteiger partial charge is 0.207 e. The van der Waals surface area contributed by atoms with Gasteiger partial charge in [0.05, 0.1) is 5.56 Å². The molecule has 0 atom stereocenters. The number of hydrogen-bond acceptors (Lipinski definition) is 1. The second kappa shape index (κ2) is 4.66. The maximum absolute atomic E-state index is 13.2. The molecule has 1 aliphatic heterocycles. The minimum absolute atomic E-state index is 0.361. The van der Waals surface area contributed by atoms with E-state index in [1.54, 1.807) is 18.2 Å². The van der Waals surface area contributed by atoms with Gasteiger partial charge in [-0.3, -0.25) is 0 Å². The van der Waals surface area contributed by atoms with Gasteiger partial charge in [0.1, 0.15) is 5.82 Å². The van der Waals surface area contributed by atoms with Crippen molar-refractivity contribution in [2.75, 3.05) is 0 Å². The van der Waals surface area contributed by atoms with Crippen LogP contribution in [-0.4, -0.2) is 0 Å². The standard InChI is InChI=1S/C15H8F4S/c16-12-5-3-9-1-2-10-7-11(15(17,18)19)4-6-13(10)20-14(9)8-12/h1-8H. The van der Waals surface area contributed by atoms with E-state index in [9.17, 15) is 17.6 Å². The van der Waals surface area contributed by atoms with Gasteiger partial charge in [0.25, 0.3) is 0 Å². The lowest BCUT2D eigenvalue weighted by molar-refractivity contribution is -0.137. The summed E-state index contributed by atoms with van der Waals surface area (Å²) in [4.78, 5) is 1.37. The van der Waals surface area contributed by atoms with Crippen molar-refractivity contribution in [3.8, 4) is 0 Å². The van der Waals surface area contributed by atoms with Gasteiger partial charge < -0.3 is 0 Å². The number of fused-ring (bicyclic) bond motifs is 2. The predicted octanol–water partition coefficient (Wildman–Crippen LogP) is 5.48. The molecular formula is C15H8F4S. The molecule has 0 aliphatic carbocycles. The maximum Gasteiger partial charge on any atom is 0.416 e. The van der Waals surface area contributed by atoms with Gasteiger partial charge in [-0.15, -0.1) is 0 Å². The second-order valence-corrected chi connectivity index (χ2v) is 5.45. The Bertz CT molecular complexity index is 702. The number of halogens is 4. The third-order valence-electron chi connectivity index (χ3n) is 2.98. The lowest BCUT2D eigenvalue weighted by Gasteiger charge is -2.10. The Hall–Kier alpha value is -1.75. The lowest BCUT2D eigenvalue weighted by atomic mass is 10.1. The third-order valence-corrected chi connectivity index (χ3v) is 4.14. The maximum atomic E-state index is 13.2. The van der Waals surface area contributed by atoms with E-state index in [0.717, 1.165) is 17.7 Å². The molecule has 0 radical (unpaired) electrons. The van der Waals surface area contributed by atoms with Crippen LogP contribution in [0.15, 0.2) is 46.2 Å². The predicted molar refractivity (Wildman–Crippen MR) is 70.9 cm³/mol. The molecule has 0 bridgehead atoms. The van der Waals surface area contributed by atoms with Crippen molar-refractivity contribution in [3.05, 3.63) is 58.9 Å². The van der Waals surface area contributed by atoms with E-state index in [-0.39, 0.29) is 5.82 Å². The summed E-state index contributed by atoms with van der Waals surface area (Å²) >= 11 is 1.27. The van der Waals surface area contributed by atoms with Crippen LogP contribution >= 0.6 is 11.8 Å². The highest BCUT2D eigenvalue weighted by Gasteiger charge is 2.31. The van der Waals surface area contributed by atoms with Gasteiger partial charge in [-0.1, -0.05) is 30.0 Å². The van der Waals surface area contributed by atoms with E-state index in [1.165, 1.54) is 30.0 Å². The summed E-state index contributed by atoms with van der Waals surface area (Å²) in [6.07, 6.45) is -1.03. The first kappa shape index (κ1) is 13.2. The molecule has 20 heavy (non-hydrogen) atoms. The van der Waals surface area contributed by atoms with Crippen LogP contribution in [0.2, 0.25) is 0 Å². The summed E-state index contributed by atoms with van der Waals surface area (Å²) in [5.41, 5.74) is 0.598. The molecule has 0 N–H and O–H groups in total. The first-order valence-corrected chi connectivity index (χ1v) is 6.62. The van der Waals surface area contributed by atoms with E-state index in [2.05, 4.69) is 0 Å². The summed E-state index contributed by atoms with van der Waals surface area (Å²) in [7, 11) is 0. The highest BCUT2D eigenvalue weighted by molar-refractivity contribution is 7.99. The molecule has 0 saturated carbocycles. The number of alkyl halides is 3. The summed E-state index contributed by atoms with van der Waals surface area (Å²) < 4.78 is 51.3. The Morgan fingerprint density at radius 1 is 0.800 bits per heavy atom. The summed E-state index contributed by atoms with van der Waals surface area (Å²) in [6, 6.07) is 7.92. The number of rotatable bonds is 0. The molecule has 1 heterocycles. The van der Waals surface area contributed by atoms with E-state index < -0.39 is 11.7 Å². The van der Waals surface area contributed by atoms with Crippen molar-refractivity contribution < 1.29 is 17.6 Å². The van der Waals surface area contributed by atoms with Crippen LogP contribution in [0.1, 0.15) is 16.7 Å². The second-order valence-electron chi connectivity index (χ2n) is 4.37. The molecule has 2 aromatic rings. The van der Waals surface area contributed by atoms with Crippen LogP contribution in [0.3, 0.4) is 0 Å². The Morgan fingerprint density at radius 2 is 1.55 bits per heavy atom. The summed E-state index contributed by atoms with van der Waals surface area (Å²) in [6.45, 7) is 0. The van der Waals surface area contributed by atoms with Gasteiger partial charge in [0.15, 0.2) is 0 Å². The monoisotopic (exact) mass is 296 g/mol. The quantitative estimate of drug-likeness (QED) is 0.495. The molecule has 5 heteroatoms. The highest BCUT2D eigenvalue weighted by Crippen LogP contribution is 2.40. The SMILES string of the molecule is Fc1ccc2c(c1)Sc1ccc(C(F)(F)F)cc1C=C2. The molecule has 1 aliphatic rings. The first-order valence-electron chi connectivity index (χ1n) is 5.80. The molecule has 0 spiro atoms. The van der Waals surface area contributed by atoms with E-state index in [4.69, 9.17) is 0 Å². The molecule has 0 unspecified atom stereocenters. The van der Waals surface area contributed by atoms with Gasteiger partial charge in [-0.2, -0.15) is 13.2 Å². The van der Waals surface area contributed by atoms with Gasteiger partial charge >= 0.3 is 6.18 Å². The molecule has 0 nitrogen and oxygen atoms in total. The van der Waals surface area contributed by atoms with Crippen LogP contribution in [0, 0.1) is 5.82 Å². The number of hydrogen-bond donors (Lipinski definition) is 0.